The average molecular weight is 335 g/mol. The summed E-state index contributed by atoms with van der Waals surface area (Å²) in [4.78, 5) is 14.8. The summed E-state index contributed by atoms with van der Waals surface area (Å²) < 4.78 is 5.73. The van der Waals surface area contributed by atoms with Crippen molar-refractivity contribution in [3.05, 3.63) is 35.4 Å². The van der Waals surface area contributed by atoms with E-state index in [2.05, 4.69) is 5.32 Å². The molecule has 1 N–H and O–H groups in total. The number of para-hydroxylation sites is 1. The zero-order chi connectivity index (χ0) is 14.9. The number of benzene rings is 1. The Morgan fingerprint density at radius 3 is 2.57 bits per heavy atom. The zero-order valence-corrected chi connectivity index (χ0v) is 14.0. The molecule has 0 aromatic heterocycles. The second-order valence-electron chi connectivity index (χ2n) is 6.54. The molecule has 3 heterocycles. The number of hydrogen-bond acceptors (Lipinski definition) is 3. The summed E-state index contributed by atoms with van der Waals surface area (Å²) in [5.74, 6) is 2.52. The molecule has 1 aromatic carbocycles. The van der Waals surface area contributed by atoms with Gasteiger partial charge in [0.1, 0.15) is 12.4 Å². The van der Waals surface area contributed by atoms with Crippen LogP contribution in [-0.4, -0.2) is 43.6 Å². The smallest absolute Gasteiger partial charge is 0.253 e. The Morgan fingerprint density at radius 2 is 1.83 bits per heavy atom. The molecule has 4 rings (SSSR count). The van der Waals surface area contributed by atoms with E-state index in [9.17, 15) is 4.79 Å². The maximum absolute atomic E-state index is 12.8. The normalized spacial score (nSPS) is 26.1. The molecule has 3 aliphatic heterocycles. The third-order valence-electron chi connectivity index (χ3n) is 5.21. The topological polar surface area (TPSA) is 41.6 Å². The molecular weight excluding hydrogens is 312 g/mol. The van der Waals surface area contributed by atoms with Crippen molar-refractivity contribution in [2.24, 2.45) is 11.8 Å². The lowest BCUT2D eigenvalue weighted by atomic mass is 9.92. The van der Waals surface area contributed by atoms with E-state index in [0.717, 1.165) is 67.7 Å². The van der Waals surface area contributed by atoms with Gasteiger partial charge in [0, 0.05) is 18.7 Å². The standard InChI is InChI=1S/C18H22N2O2.ClH/c21-18(16-9-13-3-1-2-4-17(13)22-12-16)20-7-5-14-10-19-11-15(14)6-8-20;/h1-4,9,14-15,19H,5-8,10-12H2;1H/t14-,15+;. The first-order valence-electron chi connectivity index (χ1n) is 8.23. The molecule has 1 aromatic rings. The first-order chi connectivity index (χ1) is 10.8. The largest absolute Gasteiger partial charge is 0.488 e. The van der Waals surface area contributed by atoms with Crippen LogP contribution in [0.1, 0.15) is 18.4 Å². The van der Waals surface area contributed by atoms with Crippen molar-refractivity contribution in [3.8, 4) is 5.75 Å². The first-order valence-corrected chi connectivity index (χ1v) is 8.23. The lowest BCUT2D eigenvalue weighted by Gasteiger charge is -2.24. The quantitative estimate of drug-likeness (QED) is 0.857. The molecular formula is C18H23ClN2O2. The molecule has 23 heavy (non-hydrogen) atoms. The maximum atomic E-state index is 12.8. The lowest BCUT2D eigenvalue weighted by molar-refractivity contribution is -0.127. The number of nitrogens with zero attached hydrogens (tertiary/aromatic N) is 1. The number of fused-ring (bicyclic) bond motifs is 2. The van der Waals surface area contributed by atoms with E-state index >= 15 is 0 Å². The minimum atomic E-state index is 0. The summed E-state index contributed by atoms with van der Waals surface area (Å²) in [6, 6.07) is 7.89. The van der Waals surface area contributed by atoms with Gasteiger partial charge in [-0.25, -0.2) is 0 Å². The number of carbonyl (C=O) groups is 1. The van der Waals surface area contributed by atoms with Crippen LogP contribution in [0.2, 0.25) is 0 Å². The maximum Gasteiger partial charge on any atom is 0.253 e. The first kappa shape index (κ1) is 16.3. The van der Waals surface area contributed by atoms with Crippen LogP contribution < -0.4 is 10.1 Å². The van der Waals surface area contributed by atoms with Crippen LogP contribution >= 0.6 is 12.4 Å². The fraction of sp³-hybridized carbons (Fsp3) is 0.500. The number of likely N-dealkylation sites (tertiary alicyclic amines) is 1. The van der Waals surface area contributed by atoms with Gasteiger partial charge in [0.15, 0.2) is 0 Å². The van der Waals surface area contributed by atoms with Crippen LogP contribution in [0.25, 0.3) is 6.08 Å². The Labute approximate surface area is 143 Å². The summed E-state index contributed by atoms with van der Waals surface area (Å²) in [6.45, 7) is 4.37. The Balaban J connectivity index is 0.00000156. The number of halogens is 1. The summed E-state index contributed by atoms with van der Waals surface area (Å²) in [7, 11) is 0. The molecule has 0 spiro atoms. The summed E-state index contributed by atoms with van der Waals surface area (Å²) in [5, 5.41) is 3.48. The molecule has 1 amide bonds. The fourth-order valence-electron chi connectivity index (χ4n) is 3.86. The van der Waals surface area contributed by atoms with E-state index in [1.54, 1.807) is 0 Å². The highest BCUT2D eigenvalue weighted by molar-refractivity contribution is 5.99. The van der Waals surface area contributed by atoms with Crippen molar-refractivity contribution < 1.29 is 9.53 Å². The molecule has 5 heteroatoms. The highest BCUT2D eigenvalue weighted by Gasteiger charge is 2.32. The minimum absolute atomic E-state index is 0. The van der Waals surface area contributed by atoms with Crippen LogP contribution in [0.4, 0.5) is 0 Å². The van der Waals surface area contributed by atoms with Crippen molar-refractivity contribution in [1.29, 1.82) is 0 Å². The SMILES string of the molecule is Cl.O=C(C1=Cc2ccccc2OC1)N1CC[C@@H]2CNC[C@@H]2CC1. The number of carbonyl (C=O) groups excluding carboxylic acids is 1. The molecule has 0 saturated carbocycles. The molecule has 2 atom stereocenters. The minimum Gasteiger partial charge on any atom is -0.488 e. The van der Waals surface area contributed by atoms with Crippen LogP contribution in [0.3, 0.4) is 0 Å². The molecule has 124 valence electrons. The van der Waals surface area contributed by atoms with Crippen molar-refractivity contribution in [1.82, 2.24) is 10.2 Å². The number of ether oxygens (including phenoxy) is 1. The Morgan fingerprint density at radius 1 is 1.13 bits per heavy atom. The molecule has 2 fully saturated rings. The molecule has 3 aliphatic rings. The lowest BCUT2D eigenvalue weighted by Crippen LogP contribution is -2.35. The van der Waals surface area contributed by atoms with E-state index in [-0.39, 0.29) is 18.3 Å². The van der Waals surface area contributed by atoms with Gasteiger partial charge < -0.3 is 15.0 Å². The van der Waals surface area contributed by atoms with Crippen LogP contribution in [0, 0.1) is 11.8 Å². The molecule has 4 nitrogen and oxygen atoms in total. The van der Waals surface area contributed by atoms with E-state index < -0.39 is 0 Å². The van der Waals surface area contributed by atoms with Gasteiger partial charge in [-0.2, -0.15) is 0 Å². The van der Waals surface area contributed by atoms with Gasteiger partial charge in [0.2, 0.25) is 0 Å². The van der Waals surface area contributed by atoms with Gasteiger partial charge in [-0.15, -0.1) is 12.4 Å². The predicted molar refractivity (Wildman–Crippen MR) is 92.8 cm³/mol. The van der Waals surface area contributed by atoms with E-state index in [4.69, 9.17) is 4.74 Å². The molecule has 2 saturated heterocycles. The van der Waals surface area contributed by atoms with Gasteiger partial charge in [0.05, 0.1) is 5.57 Å². The average Bonchev–Trinajstić information content (AvgIpc) is 2.92. The Bertz CT molecular complexity index is 603. The third-order valence-corrected chi connectivity index (χ3v) is 5.21. The fourth-order valence-corrected chi connectivity index (χ4v) is 3.86. The van der Waals surface area contributed by atoms with Gasteiger partial charge in [-0.3, -0.25) is 4.79 Å². The molecule has 0 bridgehead atoms. The van der Waals surface area contributed by atoms with Crippen molar-refractivity contribution in [2.45, 2.75) is 12.8 Å². The highest BCUT2D eigenvalue weighted by atomic mass is 35.5. The van der Waals surface area contributed by atoms with Gasteiger partial charge in [-0.1, -0.05) is 18.2 Å². The number of amides is 1. The summed E-state index contributed by atoms with van der Waals surface area (Å²) >= 11 is 0. The summed E-state index contributed by atoms with van der Waals surface area (Å²) in [5.41, 5.74) is 1.79. The van der Waals surface area contributed by atoms with E-state index in [1.165, 1.54) is 0 Å². The van der Waals surface area contributed by atoms with Gasteiger partial charge >= 0.3 is 0 Å². The third kappa shape index (κ3) is 3.24. The molecule has 0 radical (unpaired) electrons. The van der Waals surface area contributed by atoms with Gasteiger partial charge in [-0.05, 0) is 49.9 Å². The van der Waals surface area contributed by atoms with Crippen molar-refractivity contribution in [3.63, 3.8) is 0 Å². The number of rotatable bonds is 1. The zero-order valence-electron chi connectivity index (χ0n) is 13.2. The second kappa shape index (κ2) is 6.93. The number of hydrogen-bond donors (Lipinski definition) is 1. The monoisotopic (exact) mass is 334 g/mol. The van der Waals surface area contributed by atoms with Crippen LogP contribution in [0.15, 0.2) is 29.8 Å². The van der Waals surface area contributed by atoms with E-state index in [1.807, 2.05) is 35.2 Å². The summed E-state index contributed by atoms with van der Waals surface area (Å²) in [6.07, 6.45) is 4.23. The van der Waals surface area contributed by atoms with Crippen LogP contribution in [0.5, 0.6) is 5.75 Å². The Kier molecular flexibility index (Phi) is 4.93. The number of nitrogens with one attached hydrogen (secondary N) is 1. The van der Waals surface area contributed by atoms with Crippen LogP contribution in [-0.2, 0) is 4.79 Å². The van der Waals surface area contributed by atoms with Gasteiger partial charge in [0.25, 0.3) is 5.91 Å². The molecule has 0 unspecified atom stereocenters. The Hall–Kier alpha value is -1.52. The second-order valence-corrected chi connectivity index (χ2v) is 6.54. The predicted octanol–water partition coefficient (Wildman–Crippen LogP) is 2.34. The molecule has 0 aliphatic carbocycles. The van der Waals surface area contributed by atoms with Crippen molar-refractivity contribution in [2.75, 3.05) is 32.8 Å². The van der Waals surface area contributed by atoms with E-state index in [0.29, 0.717) is 6.61 Å². The highest BCUT2D eigenvalue weighted by Crippen LogP contribution is 2.29. The van der Waals surface area contributed by atoms with Crippen molar-refractivity contribution >= 4 is 24.4 Å².